The van der Waals surface area contributed by atoms with E-state index in [0.717, 1.165) is 31.3 Å². The van der Waals surface area contributed by atoms with Crippen molar-refractivity contribution in [1.29, 1.82) is 0 Å². The van der Waals surface area contributed by atoms with Crippen LogP contribution >= 0.6 is 0 Å². The molecule has 98 valence electrons. The topological polar surface area (TPSA) is 39.1 Å². The minimum Gasteiger partial charge on any atom is -0.384 e. The maximum atomic E-state index is 5.17. The molecule has 4 nitrogen and oxygen atoms in total. The second kappa shape index (κ2) is 6.64. The van der Waals surface area contributed by atoms with Crippen LogP contribution in [-0.4, -0.2) is 29.8 Å². The van der Waals surface area contributed by atoms with Gasteiger partial charge in [0.1, 0.15) is 0 Å². The van der Waals surface area contributed by atoms with Crippen molar-refractivity contribution in [2.45, 2.75) is 34.2 Å². The number of nitrogens with one attached hydrogen (secondary N) is 1. The molecule has 0 aliphatic heterocycles. The van der Waals surface area contributed by atoms with E-state index in [1.165, 1.54) is 0 Å². The molecule has 1 aromatic heterocycles. The highest BCUT2D eigenvalue weighted by atomic mass is 16.5. The number of rotatable bonds is 7. The van der Waals surface area contributed by atoms with Crippen LogP contribution in [0.15, 0.2) is 6.20 Å². The van der Waals surface area contributed by atoms with E-state index < -0.39 is 0 Å². The number of hydrogen-bond donors (Lipinski definition) is 1. The zero-order valence-electron chi connectivity index (χ0n) is 11.7. The summed E-state index contributed by atoms with van der Waals surface area (Å²) in [7, 11) is 1.74. The van der Waals surface area contributed by atoms with Gasteiger partial charge in [-0.15, -0.1) is 0 Å². The maximum absolute atomic E-state index is 5.17. The lowest BCUT2D eigenvalue weighted by Crippen LogP contribution is -2.17. The van der Waals surface area contributed by atoms with Crippen LogP contribution in [0.3, 0.4) is 0 Å². The zero-order chi connectivity index (χ0) is 12.8. The van der Waals surface area contributed by atoms with E-state index in [1.807, 2.05) is 6.92 Å². The highest BCUT2D eigenvalue weighted by molar-refractivity contribution is 5.28. The van der Waals surface area contributed by atoms with Crippen LogP contribution in [0.5, 0.6) is 0 Å². The summed E-state index contributed by atoms with van der Waals surface area (Å²) in [5.74, 6) is 2.09. The smallest absolute Gasteiger partial charge is 0.203 e. The summed E-state index contributed by atoms with van der Waals surface area (Å²) in [4.78, 5) is 4.51. The predicted octanol–water partition coefficient (Wildman–Crippen LogP) is 2.54. The van der Waals surface area contributed by atoms with Gasteiger partial charge >= 0.3 is 0 Å². The Bertz CT molecular complexity index is 333. The van der Waals surface area contributed by atoms with Gasteiger partial charge in [0, 0.05) is 26.4 Å². The average Bonchev–Trinajstić information content (AvgIpc) is 2.56. The summed E-state index contributed by atoms with van der Waals surface area (Å²) < 4.78 is 7.35. The molecule has 0 saturated heterocycles. The number of anilines is 1. The van der Waals surface area contributed by atoms with Crippen molar-refractivity contribution in [2.75, 3.05) is 25.6 Å². The first kappa shape index (κ1) is 14.0. The van der Waals surface area contributed by atoms with Gasteiger partial charge in [0.2, 0.25) is 5.95 Å². The lowest BCUT2D eigenvalue weighted by Gasteiger charge is -2.15. The van der Waals surface area contributed by atoms with Gasteiger partial charge in [0.15, 0.2) is 0 Å². The van der Waals surface area contributed by atoms with Gasteiger partial charge in [-0.25, -0.2) is 4.98 Å². The molecular weight excluding hydrogens is 214 g/mol. The van der Waals surface area contributed by atoms with Gasteiger partial charge in [0.05, 0.1) is 12.3 Å². The molecule has 1 heterocycles. The van der Waals surface area contributed by atoms with E-state index in [9.17, 15) is 0 Å². The Morgan fingerprint density at radius 3 is 2.71 bits per heavy atom. The van der Waals surface area contributed by atoms with Crippen LogP contribution in [0.4, 0.5) is 5.95 Å². The second-order valence-electron chi connectivity index (χ2n) is 5.19. The van der Waals surface area contributed by atoms with Crippen LogP contribution in [0.1, 0.15) is 26.5 Å². The number of aryl methyl sites for hydroxylation is 1. The van der Waals surface area contributed by atoms with Crippen LogP contribution < -0.4 is 5.32 Å². The second-order valence-corrected chi connectivity index (χ2v) is 5.19. The molecular formula is C13H25N3O. The molecule has 0 aliphatic carbocycles. The number of methoxy groups -OCH3 is 1. The Hall–Kier alpha value is -1.03. The van der Waals surface area contributed by atoms with E-state index in [-0.39, 0.29) is 0 Å². The minimum atomic E-state index is 0.494. The first-order valence-electron chi connectivity index (χ1n) is 6.29. The Labute approximate surface area is 104 Å². The number of aromatic nitrogens is 2. The number of ether oxygens (including phenoxy) is 1. The fourth-order valence-corrected chi connectivity index (χ4v) is 1.80. The molecule has 0 bridgehead atoms. The average molecular weight is 239 g/mol. The van der Waals surface area contributed by atoms with Gasteiger partial charge in [-0.3, -0.25) is 0 Å². The summed E-state index contributed by atoms with van der Waals surface area (Å²) in [5.41, 5.74) is 1.06. The van der Waals surface area contributed by atoms with E-state index in [1.54, 1.807) is 7.11 Å². The molecule has 1 unspecified atom stereocenters. The summed E-state index contributed by atoms with van der Waals surface area (Å²) in [6.07, 6.45) is 2.09. The SMILES string of the molecule is COCC(C)Cn1cc(C)nc1NCC(C)C. The van der Waals surface area contributed by atoms with Gasteiger partial charge in [-0.1, -0.05) is 20.8 Å². The predicted molar refractivity (Wildman–Crippen MR) is 71.3 cm³/mol. The number of imidazole rings is 1. The molecule has 17 heavy (non-hydrogen) atoms. The van der Waals surface area contributed by atoms with E-state index in [0.29, 0.717) is 11.8 Å². The van der Waals surface area contributed by atoms with Crippen molar-refractivity contribution < 1.29 is 4.74 Å². The first-order valence-corrected chi connectivity index (χ1v) is 6.29. The minimum absolute atomic E-state index is 0.494. The van der Waals surface area contributed by atoms with E-state index >= 15 is 0 Å². The van der Waals surface area contributed by atoms with Crippen LogP contribution in [0.25, 0.3) is 0 Å². The zero-order valence-corrected chi connectivity index (χ0v) is 11.7. The monoisotopic (exact) mass is 239 g/mol. The van der Waals surface area contributed by atoms with E-state index in [4.69, 9.17) is 4.74 Å². The first-order chi connectivity index (χ1) is 8.02. The van der Waals surface area contributed by atoms with Gasteiger partial charge in [-0.2, -0.15) is 0 Å². The molecule has 0 spiro atoms. The lowest BCUT2D eigenvalue weighted by molar-refractivity contribution is 0.151. The molecule has 0 aromatic carbocycles. The summed E-state index contributed by atoms with van der Waals surface area (Å²) in [6, 6.07) is 0. The highest BCUT2D eigenvalue weighted by Gasteiger charge is 2.09. The molecule has 1 atom stereocenters. The van der Waals surface area contributed by atoms with Crippen LogP contribution in [-0.2, 0) is 11.3 Å². The quantitative estimate of drug-likeness (QED) is 0.794. The fraction of sp³-hybridized carbons (Fsp3) is 0.769. The molecule has 0 saturated carbocycles. The van der Waals surface area contributed by atoms with Crippen molar-refractivity contribution in [1.82, 2.24) is 9.55 Å². The summed E-state index contributed by atoms with van der Waals surface area (Å²) >= 11 is 0. The third-order valence-electron chi connectivity index (χ3n) is 2.52. The van der Waals surface area contributed by atoms with Gasteiger partial charge in [-0.05, 0) is 18.8 Å². The summed E-state index contributed by atoms with van der Waals surface area (Å²) in [6.45, 7) is 11.3. The van der Waals surface area contributed by atoms with Crippen LogP contribution in [0, 0.1) is 18.8 Å². The van der Waals surface area contributed by atoms with Gasteiger partial charge < -0.3 is 14.6 Å². The van der Waals surface area contributed by atoms with Crippen molar-refractivity contribution in [2.24, 2.45) is 11.8 Å². The number of nitrogens with zero attached hydrogens (tertiary/aromatic N) is 2. The van der Waals surface area contributed by atoms with E-state index in [2.05, 4.69) is 41.8 Å². The Kier molecular flexibility index (Phi) is 5.48. The van der Waals surface area contributed by atoms with Crippen molar-refractivity contribution >= 4 is 5.95 Å². The Balaban J connectivity index is 2.63. The third-order valence-corrected chi connectivity index (χ3v) is 2.52. The van der Waals surface area contributed by atoms with Crippen molar-refractivity contribution in [3.63, 3.8) is 0 Å². The molecule has 0 fully saturated rings. The lowest BCUT2D eigenvalue weighted by atomic mass is 10.2. The largest absolute Gasteiger partial charge is 0.384 e. The number of hydrogen-bond acceptors (Lipinski definition) is 3. The maximum Gasteiger partial charge on any atom is 0.203 e. The normalized spacial score (nSPS) is 13.1. The Morgan fingerprint density at radius 2 is 2.12 bits per heavy atom. The van der Waals surface area contributed by atoms with Crippen molar-refractivity contribution in [3.05, 3.63) is 11.9 Å². The molecule has 0 aliphatic rings. The summed E-state index contributed by atoms with van der Waals surface area (Å²) in [5, 5.41) is 3.39. The molecule has 0 amide bonds. The van der Waals surface area contributed by atoms with Gasteiger partial charge in [0.25, 0.3) is 0 Å². The standard InChI is InChI=1S/C13H25N3O/c1-10(2)6-14-13-15-12(4)8-16(13)7-11(3)9-17-5/h8,10-11H,6-7,9H2,1-5H3,(H,14,15). The molecule has 1 aromatic rings. The highest BCUT2D eigenvalue weighted by Crippen LogP contribution is 2.12. The molecule has 1 N–H and O–H groups in total. The molecule has 0 radical (unpaired) electrons. The molecule has 4 heteroatoms. The molecule has 1 rings (SSSR count). The van der Waals surface area contributed by atoms with Crippen LogP contribution in [0.2, 0.25) is 0 Å². The third kappa shape index (κ3) is 4.77. The fourth-order valence-electron chi connectivity index (χ4n) is 1.80. The Morgan fingerprint density at radius 1 is 1.41 bits per heavy atom. The van der Waals surface area contributed by atoms with Crippen molar-refractivity contribution in [3.8, 4) is 0 Å².